The van der Waals surface area contributed by atoms with Gasteiger partial charge in [0, 0.05) is 73.1 Å². The number of aromatic nitrogens is 4. The number of nitrogens with zero attached hydrogens (tertiary/aromatic N) is 5. The number of furan rings is 1. The number of aromatic amines is 1. The van der Waals surface area contributed by atoms with E-state index in [1.165, 1.54) is 0 Å². The third-order valence-corrected chi connectivity index (χ3v) is 9.08. The first-order valence-electron chi connectivity index (χ1n) is 12.6. The van der Waals surface area contributed by atoms with Gasteiger partial charge in [-0.05, 0) is 29.3 Å². The number of rotatable bonds is 4. The Morgan fingerprint density at radius 1 is 1.16 bits per heavy atom. The van der Waals surface area contributed by atoms with Crippen molar-refractivity contribution in [1.29, 1.82) is 0 Å². The van der Waals surface area contributed by atoms with E-state index in [1.807, 2.05) is 24.5 Å². The Bertz CT molecular complexity index is 1520. The minimum absolute atomic E-state index is 0.188. The topological polar surface area (TPSA) is 100 Å². The maximum Gasteiger partial charge on any atom is 0.229 e. The summed E-state index contributed by atoms with van der Waals surface area (Å²) in [5.74, 6) is 2.69. The lowest BCUT2D eigenvalue weighted by molar-refractivity contribution is 0.122. The zero-order valence-corrected chi connectivity index (χ0v) is 21.8. The van der Waals surface area contributed by atoms with Crippen molar-refractivity contribution in [3.63, 3.8) is 0 Å². The predicted octanol–water partition coefficient (Wildman–Crippen LogP) is 3.27. The van der Waals surface area contributed by atoms with Crippen LogP contribution in [0.15, 0.2) is 35.0 Å². The minimum Gasteiger partial charge on any atom is -0.432 e. The number of pyridine rings is 1. The van der Waals surface area contributed by atoms with Crippen molar-refractivity contribution in [1.82, 2.24) is 24.8 Å². The second-order valence-corrected chi connectivity index (χ2v) is 11.9. The molecule has 2 aliphatic heterocycles. The van der Waals surface area contributed by atoms with E-state index < -0.39 is 10.8 Å². The number of ether oxygens (including phenoxy) is 1. The van der Waals surface area contributed by atoms with E-state index in [-0.39, 0.29) is 11.3 Å². The molecule has 2 saturated heterocycles. The van der Waals surface area contributed by atoms with E-state index in [0.717, 1.165) is 77.8 Å². The van der Waals surface area contributed by atoms with Crippen LogP contribution in [0.2, 0.25) is 0 Å². The molecule has 2 fully saturated rings. The van der Waals surface area contributed by atoms with Crippen LogP contribution in [0.4, 0.5) is 5.82 Å². The normalized spacial score (nSPS) is 23.2. The summed E-state index contributed by atoms with van der Waals surface area (Å²) in [4.78, 5) is 22.6. The van der Waals surface area contributed by atoms with Crippen LogP contribution in [-0.2, 0) is 22.1 Å². The van der Waals surface area contributed by atoms with Gasteiger partial charge in [-0.1, -0.05) is 6.08 Å². The minimum atomic E-state index is -0.700. The summed E-state index contributed by atoms with van der Waals surface area (Å²) >= 11 is 6.85. The zero-order chi connectivity index (χ0) is 24.9. The van der Waals surface area contributed by atoms with Gasteiger partial charge in [-0.25, -0.2) is 15.0 Å². The highest BCUT2D eigenvalue weighted by Gasteiger charge is 2.32. The number of nitrogens with one attached hydrogen (secondary N) is 1. The molecule has 0 saturated carbocycles. The molecule has 11 heteroatoms. The average molecular weight is 539 g/mol. The summed E-state index contributed by atoms with van der Waals surface area (Å²) in [5, 5.41) is 0.604. The van der Waals surface area contributed by atoms with Gasteiger partial charge in [0.05, 0.1) is 29.9 Å². The molecule has 2 atom stereocenters. The van der Waals surface area contributed by atoms with Crippen LogP contribution in [0, 0.1) is 0 Å². The van der Waals surface area contributed by atoms with Crippen LogP contribution in [0.3, 0.4) is 0 Å². The first kappa shape index (κ1) is 23.3. The number of morpholine rings is 1. The molecule has 0 radical (unpaired) electrons. The van der Waals surface area contributed by atoms with Crippen molar-refractivity contribution < 1.29 is 13.4 Å². The van der Waals surface area contributed by atoms with Gasteiger partial charge in [0.1, 0.15) is 11.3 Å². The fraction of sp³-hybridized carbons (Fsp3) is 0.423. The Labute approximate surface area is 221 Å². The van der Waals surface area contributed by atoms with Gasteiger partial charge in [0.2, 0.25) is 5.71 Å². The summed E-state index contributed by atoms with van der Waals surface area (Å²) in [5.41, 5.74) is 5.15. The quantitative estimate of drug-likeness (QED) is 0.395. The molecule has 2 unspecified atom stereocenters. The number of alkyl halides is 1. The SMILES string of the molecule is O=S1CCN(Cc2cnc3oc4c(N5CCOCC5)nc(C5c6cc[nH]c6C=CC5Cl)nc4c3c2)CC1. The lowest BCUT2D eigenvalue weighted by Gasteiger charge is -2.29. The molecular formula is C26H27ClN6O3S. The second-order valence-electron chi connectivity index (χ2n) is 9.73. The lowest BCUT2D eigenvalue weighted by atomic mass is 9.90. The number of fused-ring (bicyclic) bond motifs is 4. The molecule has 6 heterocycles. The van der Waals surface area contributed by atoms with Crippen molar-refractivity contribution in [3.8, 4) is 0 Å². The van der Waals surface area contributed by atoms with Crippen molar-refractivity contribution >= 4 is 56.5 Å². The molecule has 4 aromatic heterocycles. The highest BCUT2D eigenvalue weighted by Crippen LogP contribution is 2.40. The molecule has 9 nitrogen and oxygen atoms in total. The average Bonchev–Trinajstić information content (AvgIpc) is 3.54. The van der Waals surface area contributed by atoms with Crippen LogP contribution in [0.5, 0.6) is 0 Å². The van der Waals surface area contributed by atoms with Crippen molar-refractivity contribution in [2.45, 2.75) is 17.8 Å². The van der Waals surface area contributed by atoms with Crippen LogP contribution < -0.4 is 4.90 Å². The van der Waals surface area contributed by atoms with Gasteiger partial charge in [0.25, 0.3) is 0 Å². The van der Waals surface area contributed by atoms with E-state index in [0.29, 0.717) is 30.3 Å². The second kappa shape index (κ2) is 9.50. The largest absolute Gasteiger partial charge is 0.432 e. The Kier molecular flexibility index (Phi) is 5.99. The number of hydrogen-bond acceptors (Lipinski definition) is 8. The lowest BCUT2D eigenvalue weighted by Crippen LogP contribution is -2.37. The molecule has 37 heavy (non-hydrogen) atoms. The van der Waals surface area contributed by atoms with Crippen LogP contribution >= 0.6 is 11.6 Å². The first-order valence-corrected chi connectivity index (χ1v) is 14.5. The van der Waals surface area contributed by atoms with Gasteiger partial charge in [-0.3, -0.25) is 9.11 Å². The molecule has 0 bridgehead atoms. The molecule has 0 spiro atoms. The van der Waals surface area contributed by atoms with Gasteiger partial charge in [-0.2, -0.15) is 0 Å². The monoisotopic (exact) mass is 538 g/mol. The van der Waals surface area contributed by atoms with Gasteiger partial charge >= 0.3 is 0 Å². The molecule has 0 amide bonds. The number of allylic oxidation sites excluding steroid dienone is 1. The van der Waals surface area contributed by atoms with E-state index in [1.54, 1.807) is 0 Å². The van der Waals surface area contributed by atoms with E-state index in [2.05, 4.69) is 31.9 Å². The van der Waals surface area contributed by atoms with Gasteiger partial charge in [0.15, 0.2) is 11.4 Å². The maximum atomic E-state index is 11.8. The molecule has 4 aromatic rings. The summed E-state index contributed by atoms with van der Waals surface area (Å²) < 4.78 is 23.7. The van der Waals surface area contributed by atoms with Crippen LogP contribution in [-0.4, -0.2) is 85.3 Å². The van der Waals surface area contributed by atoms with Crippen LogP contribution in [0.25, 0.3) is 28.3 Å². The highest BCUT2D eigenvalue weighted by molar-refractivity contribution is 7.85. The fourth-order valence-corrected chi connectivity index (χ4v) is 6.89. The molecular weight excluding hydrogens is 512 g/mol. The van der Waals surface area contributed by atoms with E-state index in [4.69, 9.17) is 30.7 Å². The summed E-state index contributed by atoms with van der Waals surface area (Å²) in [6, 6.07) is 4.18. The predicted molar refractivity (Wildman–Crippen MR) is 145 cm³/mol. The highest BCUT2D eigenvalue weighted by atomic mass is 35.5. The number of H-pyrrole nitrogens is 1. The molecule has 1 N–H and O–H groups in total. The summed E-state index contributed by atoms with van der Waals surface area (Å²) in [6.07, 6.45) is 7.81. The van der Waals surface area contributed by atoms with Gasteiger partial charge in [-0.15, -0.1) is 11.6 Å². The fourth-order valence-electron chi connectivity index (χ4n) is 5.44. The van der Waals surface area contributed by atoms with Gasteiger partial charge < -0.3 is 19.0 Å². The Balaban J connectivity index is 1.36. The summed E-state index contributed by atoms with van der Waals surface area (Å²) in [7, 11) is -0.700. The van der Waals surface area contributed by atoms with Crippen molar-refractivity contribution in [3.05, 3.63) is 53.2 Å². The Hall–Kier alpha value is -2.79. The first-order chi connectivity index (χ1) is 18.1. The Morgan fingerprint density at radius 2 is 2.00 bits per heavy atom. The molecule has 192 valence electrons. The third kappa shape index (κ3) is 4.25. The third-order valence-electron chi connectivity index (χ3n) is 7.40. The molecule has 0 aromatic carbocycles. The molecule has 7 rings (SSSR count). The molecule has 1 aliphatic carbocycles. The molecule has 3 aliphatic rings. The standard InChI is InChI=1S/C26H27ClN6O3S/c27-19-1-2-20-17(3-4-28-20)21(19)24-30-22-18-13-16(15-32-7-11-37(34)12-8-32)14-29-26(18)36-23(22)25(31-24)33-5-9-35-10-6-33/h1-4,13-14,19,21,28H,5-12,15H2. The summed E-state index contributed by atoms with van der Waals surface area (Å²) in [6.45, 7) is 5.13. The smallest absolute Gasteiger partial charge is 0.229 e. The van der Waals surface area contributed by atoms with E-state index in [9.17, 15) is 4.21 Å². The number of anilines is 1. The zero-order valence-electron chi connectivity index (χ0n) is 20.2. The number of halogens is 1. The van der Waals surface area contributed by atoms with Crippen molar-refractivity contribution in [2.75, 3.05) is 55.8 Å². The maximum absolute atomic E-state index is 11.8. The van der Waals surface area contributed by atoms with Crippen molar-refractivity contribution in [2.24, 2.45) is 0 Å². The Morgan fingerprint density at radius 3 is 2.84 bits per heavy atom. The van der Waals surface area contributed by atoms with Crippen LogP contribution in [0.1, 0.15) is 28.6 Å². The van der Waals surface area contributed by atoms with E-state index >= 15 is 0 Å². The number of hydrogen-bond donors (Lipinski definition) is 1.